The van der Waals surface area contributed by atoms with Gasteiger partial charge in [0.2, 0.25) is 0 Å². The second kappa shape index (κ2) is 6.75. The highest BCUT2D eigenvalue weighted by atomic mass is 35.5. The van der Waals surface area contributed by atoms with Crippen molar-refractivity contribution in [1.82, 2.24) is 15.1 Å². The van der Waals surface area contributed by atoms with Gasteiger partial charge in [0, 0.05) is 25.3 Å². The van der Waals surface area contributed by atoms with Crippen molar-refractivity contribution in [2.45, 2.75) is 39.2 Å². The fourth-order valence-electron chi connectivity index (χ4n) is 1.67. The maximum Gasteiger partial charge on any atom is 0.254 e. The minimum Gasteiger partial charge on any atom is -0.350 e. The molecule has 0 radical (unpaired) electrons. The quantitative estimate of drug-likeness (QED) is 0.852. The third-order valence-electron chi connectivity index (χ3n) is 3.27. The molecule has 3 N–H and O–H groups in total. The monoisotopic (exact) mass is 274 g/mol. The summed E-state index contributed by atoms with van der Waals surface area (Å²) in [5, 5.41) is 7.02. The molecular formula is C12H23ClN4O. The molecule has 5 nitrogen and oxygen atoms in total. The Morgan fingerprint density at radius 1 is 1.50 bits per heavy atom. The topological polar surface area (TPSA) is 72.9 Å². The standard InChI is InChI=1S/C12H22N4O.ClH/c1-5-12(13,6-2)8-14-11(17)10-7-16(4)15-9(10)3;/h7H,5-6,8,13H2,1-4H3,(H,14,17);1H. The van der Waals surface area contributed by atoms with Gasteiger partial charge in [-0.2, -0.15) is 5.10 Å². The van der Waals surface area contributed by atoms with E-state index < -0.39 is 0 Å². The number of nitrogens with one attached hydrogen (secondary N) is 1. The average Bonchev–Trinajstić information content (AvgIpc) is 2.65. The van der Waals surface area contributed by atoms with E-state index in [2.05, 4.69) is 10.4 Å². The summed E-state index contributed by atoms with van der Waals surface area (Å²) in [6.07, 6.45) is 3.41. The molecule has 0 fully saturated rings. The molecular weight excluding hydrogens is 252 g/mol. The first-order chi connectivity index (χ1) is 7.91. The number of carbonyl (C=O) groups excluding carboxylic acids is 1. The zero-order valence-corrected chi connectivity index (χ0v) is 12.3. The molecule has 1 rings (SSSR count). The van der Waals surface area contributed by atoms with Gasteiger partial charge in [0.1, 0.15) is 0 Å². The molecule has 0 aliphatic carbocycles. The second-order valence-corrected chi connectivity index (χ2v) is 4.55. The summed E-state index contributed by atoms with van der Waals surface area (Å²) in [5.41, 5.74) is 7.17. The summed E-state index contributed by atoms with van der Waals surface area (Å²) in [6.45, 7) is 6.38. The van der Waals surface area contributed by atoms with E-state index in [1.165, 1.54) is 0 Å². The lowest BCUT2D eigenvalue weighted by Crippen LogP contribution is -2.49. The van der Waals surface area contributed by atoms with Crippen LogP contribution in [0.5, 0.6) is 0 Å². The fraction of sp³-hybridized carbons (Fsp3) is 0.667. The Hall–Kier alpha value is -1.07. The number of amides is 1. The third kappa shape index (κ3) is 3.99. The van der Waals surface area contributed by atoms with Crippen LogP contribution >= 0.6 is 12.4 Å². The summed E-state index contributed by atoms with van der Waals surface area (Å²) in [4.78, 5) is 11.9. The maximum atomic E-state index is 11.9. The molecule has 104 valence electrons. The first-order valence-corrected chi connectivity index (χ1v) is 5.99. The molecule has 0 saturated heterocycles. The zero-order chi connectivity index (χ0) is 13.1. The lowest BCUT2D eigenvalue weighted by Gasteiger charge is -2.26. The van der Waals surface area contributed by atoms with E-state index in [1.807, 2.05) is 20.8 Å². The SMILES string of the molecule is CCC(N)(CC)CNC(=O)c1cn(C)nc1C.Cl. The first-order valence-electron chi connectivity index (χ1n) is 5.99. The van der Waals surface area contributed by atoms with Gasteiger partial charge in [0.05, 0.1) is 11.3 Å². The first kappa shape index (κ1) is 16.9. The molecule has 0 spiro atoms. The van der Waals surface area contributed by atoms with Gasteiger partial charge in [-0.05, 0) is 19.8 Å². The van der Waals surface area contributed by atoms with E-state index in [0.717, 1.165) is 18.5 Å². The van der Waals surface area contributed by atoms with Crippen LogP contribution in [0.1, 0.15) is 42.7 Å². The van der Waals surface area contributed by atoms with Crippen LogP contribution in [0.15, 0.2) is 6.20 Å². The van der Waals surface area contributed by atoms with Crippen LogP contribution in [-0.4, -0.2) is 27.8 Å². The van der Waals surface area contributed by atoms with Gasteiger partial charge >= 0.3 is 0 Å². The highest BCUT2D eigenvalue weighted by molar-refractivity contribution is 5.95. The normalized spacial score (nSPS) is 10.9. The summed E-state index contributed by atoms with van der Waals surface area (Å²) in [6, 6.07) is 0. The fourth-order valence-corrected chi connectivity index (χ4v) is 1.67. The summed E-state index contributed by atoms with van der Waals surface area (Å²) in [5.74, 6) is -0.104. The molecule has 0 bridgehead atoms. The van der Waals surface area contributed by atoms with Gasteiger partial charge < -0.3 is 11.1 Å². The Morgan fingerprint density at radius 2 is 2.06 bits per heavy atom. The van der Waals surface area contributed by atoms with Crippen molar-refractivity contribution in [3.8, 4) is 0 Å². The summed E-state index contributed by atoms with van der Waals surface area (Å²) in [7, 11) is 1.80. The van der Waals surface area contributed by atoms with Crippen molar-refractivity contribution < 1.29 is 4.79 Å². The van der Waals surface area contributed by atoms with E-state index >= 15 is 0 Å². The van der Waals surface area contributed by atoms with Crippen LogP contribution in [0.3, 0.4) is 0 Å². The Kier molecular flexibility index (Phi) is 6.35. The number of nitrogens with zero attached hydrogens (tertiary/aromatic N) is 2. The van der Waals surface area contributed by atoms with Crippen molar-refractivity contribution in [3.63, 3.8) is 0 Å². The molecule has 0 unspecified atom stereocenters. The smallest absolute Gasteiger partial charge is 0.254 e. The molecule has 0 aliphatic rings. The predicted octanol–water partition coefficient (Wildman–Crippen LogP) is 1.40. The van der Waals surface area contributed by atoms with Crippen molar-refractivity contribution in [2.24, 2.45) is 12.8 Å². The lowest BCUT2D eigenvalue weighted by molar-refractivity contribution is 0.0941. The van der Waals surface area contributed by atoms with Gasteiger partial charge in [0.25, 0.3) is 5.91 Å². The minimum atomic E-state index is -0.314. The Bertz CT molecular complexity index is 399. The molecule has 1 amide bonds. The number of nitrogens with two attached hydrogens (primary N) is 1. The maximum absolute atomic E-state index is 11.9. The van der Waals surface area contributed by atoms with Crippen molar-refractivity contribution in [3.05, 3.63) is 17.5 Å². The number of hydrogen-bond acceptors (Lipinski definition) is 3. The molecule has 0 aromatic carbocycles. The number of carbonyl (C=O) groups is 1. The molecule has 6 heteroatoms. The number of hydrogen-bond donors (Lipinski definition) is 2. The Labute approximate surface area is 115 Å². The van der Waals surface area contributed by atoms with Crippen molar-refractivity contribution in [1.29, 1.82) is 0 Å². The Morgan fingerprint density at radius 3 is 2.44 bits per heavy atom. The van der Waals surface area contributed by atoms with Crippen molar-refractivity contribution >= 4 is 18.3 Å². The van der Waals surface area contributed by atoms with Gasteiger partial charge in [-0.25, -0.2) is 0 Å². The van der Waals surface area contributed by atoms with E-state index in [9.17, 15) is 4.79 Å². The number of aromatic nitrogens is 2. The van der Waals surface area contributed by atoms with Crippen LogP contribution in [0, 0.1) is 6.92 Å². The van der Waals surface area contributed by atoms with Crippen LogP contribution in [0.2, 0.25) is 0 Å². The van der Waals surface area contributed by atoms with Gasteiger partial charge in [-0.3, -0.25) is 9.48 Å². The molecule has 1 aromatic heterocycles. The number of aryl methyl sites for hydroxylation is 2. The zero-order valence-electron chi connectivity index (χ0n) is 11.5. The average molecular weight is 275 g/mol. The van der Waals surface area contributed by atoms with Gasteiger partial charge in [-0.1, -0.05) is 13.8 Å². The molecule has 18 heavy (non-hydrogen) atoms. The minimum absolute atomic E-state index is 0. The number of rotatable bonds is 5. The van der Waals surface area contributed by atoms with Crippen LogP contribution in [0.25, 0.3) is 0 Å². The molecule has 1 aromatic rings. The van der Waals surface area contributed by atoms with Crippen LogP contribution in [-0.2, 0) is 7.05 Å². The highest BCUT2D eigenvalue weighted by Crippen LogP contribution is 2.10. The predicted molar refractivity (Wildman–Crippen MR) is 75.0 cm³/mol. The second-order valence-electron chi connectivity index (χ2n) is 4.55. The molecule has 0 aliphatic heterocycles. The van der Waals surface area contributed by atoms with E-state index in [1.54, 1.807) is 17.9 Å². The highest BCUT2D eigenvalue weighted by Gasteiger charge is 2.22. The van der Waals surface area contributed by atoms with E-state index in [0.29, 0.717) is 12.1 Å². The molecule has 0 saturated carbocycles. The van der Waals surface area contributed by atoms with Crippen molar-refractivity contribution in [2.75, 3.05) is 6.54 Å². The summed E-state index contributed by atoms with van der Waals surface area (Å²) < 4.78 is 1.64. The largest absolute Gasteiger partial charge is 0.350 e. The molecule has 0 atom stereocenters. The van der Waals surface area contributed by atoms with Gasteiger partial charge in [-0.15, -0.1) is 12.4 Å². The van der Waals surface area contributed by atoms with Crippen LogP contribution in [0.4, 0.5) is 0 Å². The lowest BCUT2D eigenvalue weighted by atomic mass is 9.94. The van der Waals surface area contributed by atoms with Crippen LogP contribution < -0.4 is 11.1 Å². The molecule has 1 heterocycles. The Balaban J connectivity index is 0.00000289. The van der Waals surface area contributed by atoms with E-state index in [4.69, 9.17) is 5.73 Å². The number of halogens is 1. The summed E-state index contributed by atoms with van der Waals surface area (Å²) >= 11 is 0. The van der Waals surface area contributed by atoms with Gasteiger partial charge in [0.15, 0.2) is 0 Å². The van der Waals surface area contributed by atoms with E-state index in [-0.39, 0.29) is 23.9 Å². The third-order valence-corrected chi connectivity index (χ3v) is 3.27.